The molecule has 0 amide bonds. The lowest BCUT2D eigenvalue weighted by Crippen LogP contribution is -2.20. The first-order valence-corrected chi connectivity index (χ1v) is 5.42. The van der Waals surface area contributed by atoms with E-state index in [-0.39, 0.29) is 11.1 Å². The summed E-state index contributed by atoms with van der Waals surface area (Å²) in [7, 11) is 0. The highest BCUT2D eigenvalue weighted by Crippen LogP contribution is 2.03. The predicted octanol–water partition coefficient (Wildman–Crippen LogP) is 1.05. The van der Waals surface area contributed by atoms with E-state index in [0.29, 0.717) is 6.54 Å². The molecule has 2 aromatic heterocycles. The highest BCUT2D eigenvalue weighted by atomic mass is 32.1. The van der Waals surface area contributed by atoms with Gasteiger partial charge in [0.1, 0.15) is 0 Å². The van der Waals surface area contributed by atoms with Gasteiger partial charge in [-0.1, -0.05) is 0 Å². The van der Waals surface area contributed by atoms with Gasteiger partial charge in [0, 0.05) is 17.6 Å². The number of hydrogen-bond donors (Lipinski definition) is 1. The fourth-order valence-corrected chi connectivity index (χ4v) is 1.82. The van der Waals surface area contributed by atoms with Gasteiger partial charge in [0.2, 0.25) is 0 Å². The lowest BCUT2D eigenvalue weighted by atomic mass is 10.3. The molecule has 0 unspecified atom stereocenters. The molecular weight excluding hydrogens is 228 g/mol. The molecule has 6 heteroatoms. The zero-order valence-electron chi connectivity index (χ0n) is 8.16. The van der Waals surface area contributed by atoms with Crippen molar-refractivity contribution in [1.82, 2.24) is 9.55 Å². The Morgan fingerprint density at radius 3 is 2.94 bits per heavy atom. The van der Waals surface area contributed by atoms with E-state index >= 15 is 0 Å². The summed E-state index contributed by atoms with van der Waals surface area (Å²) in [4.78, 5) is 26.2. The second-order valence-corrected chi connectivity index (χ2v) is 3.89. The number of aromatic nitrogens is 2. The van der Waals surface area contributed by atoms with Gasteiger partial charge in [-0.05, 0) is 6.07 Å². The quantitative estimate of drug-likeness (QED) is 0.864. The second-order valence-electron chi connectivity index (χ2n) is 3.17. The van der Waals surface area contributed by atoms with E-state index in [4.69, 9.17) is 5.11 Å². The molecule has 0 atom stereocenters. The maximum atomic E-state index is 11.5. The van der Waals surface area contributed by atoms with Gasteiger partial charge in [-0.3, -0.25) is 4.79 Å². The van der Waals surface area contributed by atoms with E-state index in [1.54, 1.807) is 5.51 Å². The first-order valence-electron chi connectivity index (χ1n) is 4.47. The molecule has 0 fully saturated rings. The van der Waals surface area contributed by atoms with Crippen LogP contribution in [0.5, 0.6) is 0 Å². The van der Waals surface area contributed by atoms with Crippen molar-refractivity contribution >= 4 is 17.3 Å². The second kappa shape index (κ2) is 4.28. The maximum absolute atomic E-state index is 11.5. The Morgan fingerprint density at radius 2 is 2.31 bits per heavy atom. The van der Waals surface area contributed by atoms with Crippen LogP contribution in [0.1, 0.15) is 16.1 Å². The molecule has 0 spiro atoms. The lowest BCUT2D eigenvalue weighted by molar-refractivity contribution is 0.0696. The van der Waals surface area contributed by atoms with E-state index in [1.165, 1.54) is 34.2 Å². The van der Waals surface area contributed by atoms with Crippen LogP contribution in [0.3, 0.4) is 0 Å². The molecule has 2 aromatic rings. The summed E-state index contributed by atoms with van der Waals surface area (Å²) in [5.74, 6) is -1.05. The van der Waals surface area contributed by atoms with E-state index < -0.39 is 5.97 Å². The van der Waals surface area contributed by atoms with Crippen molar-refractivity contribution in [2.24, 2.45) is 0 Å². The standard InChI is InChI=1S/C10H8N2O3S/c13-9-2-1-7(10(14)15)3-12(9)4-8-5-16-6-11-8/h1-3,5-6H,4H2,(H,14,15). The van der Waals surface area contributed by atoms with Gasteiger partial charge in [0.05, 0.1) is 23.3 Å². The van der Waals surface area contributed by atoms with Gasteiger partial charge >= 0.3 is 5.97 Å². The number of thiazole rings is 1. The zero-order chi connectivity index (χ0) is 11.5. The Morgan fingerprint density at radius 1 is 1.50 bits per heavy atom. The van der Waals surface area contributed by atoms with Gasteiger partial charge in [0.15, 0.2) is 0 Å². The minimum absolute atomic E-state index is 0.0924. The summed E-state index contributed by atoms with van der Waals surface area (Å²) in [6.45, 7) is 0.295. The van der Waals surface area contributed by atoms with Gasteiger partial charge in [-0.25, -0.2) is 9.78 Å². The summed E-state index contributed by atoms with van der Waals surface area (Å²) in [6, 6.07) is 2.54. The lowest BCUT2D eigenvalue weighted by Gasteiger charge is -2.03. The van der Waals surface area contributed by atoms with Crippen LogP contribution in [0.2, 0.25) is 0 Å². The van der Waals surface area contributed by atoms with E-state index in [0.717, 1.165) is 5.69 Å². The Bertz CT molecular complexity index is 560. The van der Waals surface area contributed by atoms with Crippen LogP contribution in [0, 0.1) is 0 Å². The molecular formula is C10H8N2O3S. The van der Waals surface area contributed by atoms with Crippen LogP contribution in [0.15, 0.2) is 34.0 Å². The van der Waals surface area contributed by atoms with Gasteiger partial charge in [-0.2, -0.15) is 0 Å². The van der Waals surface area contributed by atoms with E-state index in [1.807, 2.05) is 5.38 Å². The Balaban J connectivity index is 2.36. The fourth-order valence-electron chi connectivity index (χ4n) is 1.27. The van der Waals surface area contributed by atoms with Gasteiger partial charge in [0.25, 0.3) is 5.56 Å². The molecule has 82 valence electrons. The van der Waals surface area contributed by atoms with Crippen molar-refractivity contribution in [3.8, 4) is 0 Å². The average Bonchev–Trinajstić information content (AvgIpc) is 2.73. The number of carbonyl (C=O) groups is 1. The molecule has 1 N–H and O–H groups in total. The smallest absolute Gasteiger partial charge is 0.337 e. The molecule has 16 heavy (non-hydrogen) atoms. The van der Waals surface area contributed by atoms with E-state index in [2.05, 4.69) is 4.98 Å². The molecule has 0 bridgehead atoms. The molecule has 0 aliphatic rings. The summed E-state index contributed by atoms with van der Waals surface area (Å²) >= 11 is 1.43. The Hall–Kier alpha value is -1.95. The molecule has 2 heterocycles. The van der Waals surface area contributed by atoms with Crippen molar-refractivity contribution in [3.63, 3.8) is 0 Å². The van der Waals surface area contributed by atoms with Crippen LogP contribution < -0.4 is 5.56 Å². The first-order chi connectivity index (χ1) is 7.66. The molecule has 2 rings (SSSR count). The minimum atomic E-state index is -1.05. The summed E-state index contributed by atoms with van der Waals surface area (Å²) in [5, 5.41) is 10.6. The minimum Gasteiger partial charge on any atom is -0.478 e. The summed E-state index contributed by atoms with van der Waals surface area (Å²) < 4.78 is 1.33. The molecule has 0 aliphatic heterocycles. The molecule has 0 radical (unpaired) electrons. The van der Waals surface area contributed by atoms with E-state index in [9.17, 15) is 9.59 Å². The van der Waals surface area contributed by atoms with Crippen LogP contribution in [-0.4, -0.2) is 20.6 Å². The summed E-state index contributed by atoms with van der Waals surface area (Å²) in [6.07, 6.45) is 1.32. The number of pyridine rings is 1. The third kappa shape index (κ3) is 2.17. The van der Waals surface area contributed by atoms with Gasteiger partial charge in [-0.15, -0.1) is 11.3 Å². The molecule has 0 saturated heterocycles. The highest BCUT2D eigenvalue weighted by molar-refractivity contribution is 7.07. The highest BCUT2D eigenvalue weighted by Gasteiger charge is 2.06. The van der Waals surface area contributed by atoms with Crippen LogP contribution in [0.25, 0.3) is 0 Å². The molecule has 5 nitrogen and oxygen atoms in total. The van der Waals surface area contributed by atoms with Crippen LogP contribution in [0.4, 0.5) is 0 Å². The molecule has 0 saturated carbocycles. The van der Waals surface area contributed by atoms with Crippen molar-refractivity contribution < 1.29 is 9.90 Å². The van der Waals surface area contributed by atoms with Gasteiger partial charge < -0.3 is 9.67 Å². The Kier molecular flexibility index (Phi) is 2.82. The zero-order valence-corrected chi connectivity index (χ0v) is 8.98. The molecule has 0 aromatic carbocycles. The monoisotopic (exact) mass is 236 g/mol. The first kappa shape index (κ1) is 10.6. The number of rotatable bonds is 3. The third-order valence-electron chi connectivity index (χ3n) is 2.05. The predicted molar refractivity (Wildman–Crippen MR) is 58.9 cm³/mol. The largest absolute Gasteiger partial charge is 0.478 e. The normalized spacial score (nSPS) is 10.2. The number of hydrogen-bond acceptors (Lipinski definition) is 4. The maximum Gasteiger partial charge on any atom is 0.337 e. The van der Waals surface area contributed by atoms with Crippen molar-refractivity contribution in [3.05, 3.63) is 50.8 Å². The summed E-state index contributed by atoms with van der Waals surface area (Å²) in [5.41, 5.74) is 2.27. The van der Waals surface area contributed by atoms with Crippen LogP contribution >= 0.6 is 11.3 Å². The number of nitrogens with zero attached hydrogens (tertiary/aromatic N) is 2. The van der Waals surface area contributed by atoms with Crippen molar-refractivity contribution in [2.45, 2.75) is 6.54 Å². The number of aromatic carboxylic acids is 1. The Labute approximate surface area is 94.6 Å². The van der Waals surface area contributed by atoms with Crippen molar-refractivity contribution in [1.29, 1.82) is 0 Å². The third-order valence-corrected chi connectivity index (χ3v) is 2.68. The van der Waals surface area contributed by atoms with Crippen molar-refractivity contribution in [2.75, 3.05) is 0 Å². The number of carboxylic acid groups (broad SMARTS) is 1. The fraction of sp³-hybridized carbons (Fsp3) is 0.100. The SMILES string of the molecule is O=C(O)c1ccc(=O)n(Cc2cscn2)c1. The molecule has 0 aliphatic carbocycles. The number of carboxylic acids is 1. The average molecular weight is 236 g/mol. The topological polar surface area (TPSA) is 72.2 Å². The van der Waals surface area contributed by atoms with Crippen LogP contribution in [-0.2, 0) is 6.54 Å².